The smallest absolute Gasteiger partial charge is 0.224 e. The van der Waals surface area contributed by atoms with Gasteiger partial charge in [-0.2, -0.15) is 0 Å². The monoisotopic (exact) mass is 373 g/mol. The predicted octanol–water partition coefficient (Wildman–Crippen LogP) is 2.94. The zero-order chi connectivity index (χ0) is 16.4. The minimum atomic E-state index is 0.00274. The SMILES string of the molecule is Cc1ccccc1C1CC(c2cccc(Br)c2)N=C(NN)N1N. The highest BCUT2D eigenvalue weighted by molar-refractivity contribution is 9.10. The third kappa shape index (κ3) is 3.24. The number of hydrogen-bond donors (Lipinski definition) is 3. The molecule has 0 bridgehead atoms. The van der Waals surface area contributed by atoms with E-state index in [4.69, 9.17) is 11.7 Å². The van der Waals surface area contributed by atoms with Gasteiger partial charge in [0.2, 0.25) is 5.96 Å². The molecule has 0 fully saturated rings. The summed E-state index contributed by atoms with van der Waals surface area (Å²) in [5.41, 5.74) is 6.16. The minimum Gasteiger partial charge on any atom is -0.293 e. The summed E-state index contributed by atoms with van der Waals surface area (Å²) >= 11 is 3.52. The number of benzene rings is 2. The number of halogens is 1. The van der Waals surface area contributed by atoms with Crippen molar-refractivity contribution < 1.29 is 0 Å². The van der Waals surface area contributed by atoms with Crippen molar-refractivity contribution in [2.45, 2.75) is 25.4 Å². The highest BCUT2D eigenvalue weighted by Gasteiger charge is 2.31. The summed E-state index contributed by atoms with van der Waals surface area (Å²) in [6, 6.07) is 16.5. The number of hydrogen-bond acceptors (Lipinski definition) is 5. The van der Waals surface area contributed by atoms with Crippen LogP contribution in [0.1, 0.15) is 35.2 Å². The molecular weight excluding hydrogens is 354 g/mol. The van der Waals surface area contributed by atoms with Crippen molar-refractivity contribution in [2.24, 2.45) is 16.7 Å². The maximum Gasteiger partial charge on any atom is 0.224 e. The first-order valence-electron chi connectivity index (χ1n) is 7.49. The van der Waals surface area contributed by atoms with Crippen LogP contribution in [-0.4, -0.2) is 11.0 Å². The zero-order valence-electron chi connectivity index (χ0n) is 12.9. The van der Waals surface area contributed by atoms with Crippen LogP contribution in [0.3, 0.4) is 0 Å². The van der Waals surface area contributed by atoms with E-state index in [0.717, 1.165) is 16.5 Å². The Morgan fingerprint density at radius 3 is 2.70 bits per heavy atom. The lowest BCUT2D eigenvalue weighted by molar-refractivity contribution is 0.259. The summed E-state index contributed by atoms with van der Waals surface area (Å²) in [4.78, 5) is 4.66. The Bertz CT molecular complexity index is 730. The second kappa shape index (κ2) is 6.70. The molecule has 0 radical (unpaired) electrons. The van der Waals surface area contributed by atoms with Crippen LogP contribution in [0.15, 0.2) is 58.0 Å². The molecule has 0 saturated heterocycles. The first-order chi connectivity index (χ1) is 11.1. The molecule has 0 spiro atoms. The molecule has 2 aromatic carbocycles. The number of rotatable bonds is 2. The fourth-order valence-electron chi connectivity index (χ4n) is 3.01. The molecular formula is C17H20BrN5. The first kappa shape index (κ1) is 16.0. The summed E-state index contributed by atoms with van der Waals surface area (Å²) in [7, 11) is 0. The van der Waals surface area contributed by atoms with E-state index in [1.807, 2.05) is 24.3 Å². The van der Waals surface area contributed by atoms with Gasteiger partial charge in [0, 0.05) is 10.9 Å². The van der Waals surface area contributed by atoms with Gasteiger partial charge in [-0.15, -0.1) is 0 Å². The molecule has 2 atom stereocenters. The van der Waals surface area contributed by atoms with Gasteiger partial charge in [0.05, 0.1) is 12.1 Å². The van der Waals surface area contributed by atoms with Crippen LogP contribution < -0.4 is 17.1 Å². The van der Waals surface area contributed by atoms with Crippen LogP contribution in [0.4, 0.5) is 0 Å². The summed E-state index contributed by atoms with van der Waals surface area (Å²) < 4.78 is 1.04. The normalized spacial score (nSPS) is 21.0. The number of nitrogens with zero attached hydrogens (tertiary/aromatic N) is 2. The third-order valence-corrected chi connectivity index (χ3v) is 4.71. The number of nitrogens with one attached hydrogen (secondary N) is 1. The molecule has 120 valence electrons. The third-order valence-electron chi connectivity index (χ3n) is 4.22. The van der Waals surface area contributed by atoms with E-state index in [-0.39, 0.29) is 12.1 Å². The zero-order valence-corrected chi connectivity index (χ0v) is 14.5. The summed E-state index contributed by atoms with van der Waals surface area (Å²) in [5, 5.41) is 1.62. The quantitative estimate of drug-likeness (QED) is 0.558. The number of hydrazine groups is 2. The van der Waals surface area contributed by atoms with E-state index < -0.39 is 0 Å². The van der Waals surface area contributed by atoms with Gasteiger partial charge in [0.15, 0.2) is 0 Å². The molecule has 0 saturated carbocycles. The molecule has 2 aromatic rings. The molecule has 6 heteroatoms. The Kier molecular flexibility index (Phi) is 4.66. The minimum absolute atomic E-state index is 0.00274. The van der Waals surface area contributed by atoms with Crippen LogP contribution in [0, 0.1) is 6.92 Å². The predicted molar refractivity (Wildman–Crippen MR) is 96.2 cm³/mol. The molecule has 1 aliphatic rings. The van der Waals surface area contributed by atoms with Crippen molar-refractivity contribution >= 4 is 21.9 Å². The highest BCUT2D eigenvalue weighted by atomic mass is 79.9. The molecule has 23 heavy (non-hydrogen) atoms. The molecule has 5 nitrogen and oxygen atoms in total. The number of aliphatic imine (C=N–C) groups is 1. The number of guanidine groups is 1. The van der Waals surface area contributed by atoms with Crippen molar-refractivity contribution in [2.75, 3.05) is 0 Å². The fraction of sp³-hybridized carbons (Fsp3) is 0.235. The molecule has 0 aromatic heterocycles. The van der Waals surface area contributed by atoms with Gasteiger partial charge in [-0.05, 0) is 35.7 Å². The van der Waals surface area contributed by atoms with Gasteiger partial charge in [0.1, 0.15) is 0 Å². The van der Waals surface area contributed by atoms with Crippen molar-refractivity contribution in [1.82, 2.24) is 10.4 Å². The lowest BCUT2D eigenvalue weighted by atomic mass is 9.91. The Labute approximate surface area is 144 Å². The summed E-state index contributed by atoms with van der Waals surface area (Å²) in [5.74, 6) is 12.4. The van der Waals surface area contributed by atoms with E-state index in [1.54, 1.807) is 5.01 Å². The fourth-order valence-corrected chi connectivity index (χ4v) is 3.43. The Morgan fingerprint density at radius 1 is 1.22 bits per heavy atom. The second-order valence-corrected chi connectivity index (χ2v) is 6.60. The van der Waals surface area contributed by atoms with Crippen molar-refractivity contribution in [1.29, 1.82) is 0 Å². The lowest BCUT2D eigenvalue weighted by Crippen LogP contribution is -2.52. The van der Waals surface area contributed by atoms with Crippen molar-refractivity contribution in [3.8, 4) is 0 Å². The number of aryl methyl sites for hydroxylation is 1. The van der Waals surface area contributed by atoms with Gasteiger partial charge in [-0.3, -0.25) is 10.4 Å². The summed E-state index contributed by atoms with van der Waals surface area (Å²) in [6.45, 7) is 2.10. The average Bonchev–Trinajstić information content (AvgIpc) is 2.56. The van der Waals surface area contributed by atoms with Gasteiger partial charge >= 0.3 is 0 Å². The van der Waals surface area contributed by atoms with E-state index in [1.165, 1.54) is 11.1 Å². The van der Waals surface area contributed by atoms with E-state index in [9.17, 15) is 0 Å². The topological polar surface area (TPSA) is 79.7 Å². The van der Waals surface area contributed by atoms with Gasteiger partial charge in [0.25, 0.3) is 0 Å². The Morgan fingerprint density at radius 2 is 2.00 bits per heavy atom. The lowest BCUT2D eigenvalue weighted by Gasteiger charge is -2.37. The van der Waals surface area contributed by atoms with Gasteiger partial charge in [-0.1, -0.05) is 52.3 Å². The van der Waals surface area contributed by atoms with Gasteiger partial charge < -0.3 is 0 Å². The van der Waals surface area contributed by atoms with Crippen LogP contribution in [0.25, 0.3) is 0 Å². The second-order valence-electron chi connectivity index (χ2n) is 5.68. The van der Waals surface area contributed by atoms with Crippen molar-refractivity contribution in [3.63, 3.8) is 0 Å². The van der Waals surface area contributed by atoms with Crippen LogP contribution in [0.2, 0.25) is 0 Å². The van der Waals surface area contributed by atoms with Gasteiger partial charge in [-0.25, -0.2) is 16.7 Å². The number of nitrogens with two attached hydrogens (primary N) is 2. The van der Waals surface area contributed by atoms with Crippen molar-refractivity contribution in [3.05, 3.63) is 69.7 Å². The standard InChI is InChI=1S/C17H20BrN5/c1-11-5-2-3-8-14(11)16-10-15(21-17(22-19)23(16)20)12-6-4-7-13(18)9-12/h2-9,15-16H,10,19-20H2,1H3,(H,21,22). The van der Waals surface area contributed by atoms with Crippen LogP contribution >= 0.6 is 15.9 Å². The maximum atomic E-state index is 6.26. The molecule has 0 aliphatic carbocycles. The van der Waals surface area contributed by atoms with E-state index in [0.29, 0.717) is 5.96 Å². The first-order valence-corrected chi connectivity index (χ1v) is 8.29. The molecule has 0 amide bonds. The largest absolute Gasteiger partial charge is 0.293 e. The molecule has 2 unspecified atom stereocenters. The summed E-state index contributed by atoms with van der Waals surface area (Å²) in [6.07, 6.45) is 0.795. The molecule has 1 heterocycles. The molecule has 3 rings (SSSR count). The maximum absolute atomic E-state index is 6.26. The van der Waals surface area contributed by atoms with E-state index >= 15 is 0 Å². The Hall–Kier alpha value is -1.89. The Balaban J connectivity index is 2.00. The van der Waals surface area contributed by atoms with E-state index in [2.05, 4.69) is 57.5 Å². The molecule has 5 N–H and O–H groups in total. The van der Waals surface area contributed by atoms with Crippen LogP contribution in [0.5, 0.6) is 0 Å². The average molecular weight is 374 g/mol. The molecule has 1 aliphatic heterocycles. The van der Waals surface area contributed by atoms with Crippen LogP contribution in [-0.2, 0) is 0 Å². The highest BCUT2D eigenvalue weighted by Crippen LogP contribution is 2.37.